The minimum Gasteiger partial charge on any atom is -0.496 e. The zero-order chi connectivity index (χ0) is 21.8. The predicted octanol–water partition coefficient (Wildman–Crippen LogP) is 5.26. The lowest BCUT2D eigenvalue weighted by Crippen LogP contribution is -2.35. The normalized spacial score (nSPS) is 18.5. The molecule has 0 spiro atoms. The zero-order valence-electron chi connectivity index (χ0n) is 18.0. The molecule has 0 unspecified atom stereocenters. The third kappa shape index (κ3) is 4.79. The van der Waals surface area contributed by atoms with Gasteiger partial charge in [0, 0.05) is 29.1 Å². The van der Waals surface area contributed by atoms with Crippen LogP contribution < -0.4 is 15.0 Å². The predicted molar refractivity (Wildman–Crippen MR) is 126 cm³/mol. The van der Waals surface area contributed by atoms with Crippen LogP contribution in [0.2, 0.25) is 0 Å². The maximum atomic E-state index is 13.0. The first-order chi connectivity index (χ1) is 15.1. The van der Waals surface area contributed by atoms with Crippen LogP contribution in [0, 0.1) is 0 Å². The van der Waals surface area contributed by atoms with Crippen LogP contribution >= 0.6 is 11.8 Å². The van der Waals surface area contributed by atoms with Gasteiger partial charge in [-0.3, -0.25) is 9.59 Å². The molecule has 1 N–H and O–H groups in total. The second-order valence-corrected chi connectivity index (χ2v) is 9.15. The van der Waals surface area contributed by atoms with Crippen LogP contribution in [-0.2, 0) is 4.79 Å². The van der Waals surface area contributed by atoms with Gasteiger partial charge in [0.1, 0.15) is 5.75 Å². The first kappa shape index (κ1) is 21.5. The third-order valence-corrected chi connectivity index (χ3v) is 7.01. The van der Waals surface area contributed by atoms with Gasteiger partial charge in [-0.05, 0) is 43.2 Å². The topological polar surface area (TPSA) is 58.6 Å². The summed E-state index contributed by atoms with van der Waals surface area (Å²) in [6, 6.07) is 13.5. The Morgan fingerprint density at radius 3 is 2.61 bits per heavy atom. The molecule has 0 radical (unpaired) electrons. The van der Waals surface area contributed by atoms with Gasteiger partial charge in [0.05, 0.1) is 17.7 Å². The highest BCUT2D eigenvalue weighted by Gasteiger charge is 2.28. The lowest BCUT2D eigenvalue weighted by Gasteiger charge is -2.27. The average Bonchev–Trinajstić information content (AvgIpc) is 3.06. The number of ether oxygens (including phenoxy) is 1. The van der Waals surface area contributed by atoms with Crippen molar-refractivity contribution in [3.8, 4) is 5.75 Å². The molecule has 0 aromatic heterocycles. The van der Waals surface area contributed by atoms with E-state index >= 15 is 0 Å². The Morgan fingerprint density at radius 2 is 1.87 bits per heavy atom. The first-order valence-corrected chi connectivity index (χ1v) is 11.6. The fraction of sp³-hybridized carbons (Fsp3) is 0.360. The molecule has 1 aliphatic heterocycles. The number of nitrogens with zero attached hydrogens (tertiary/aromatic N) is 1. The molecule has 1 aliphatic carbocycles. The Bertz CT molecular complexity index is 1010. The monoisotopic (exact) mass is 436 g/mol. The lowest BCUT2D eigenvalue weighted by atomic mass is 10.1. The number of hydrogen-bond acceptors (Lipinski definition) is 4. The number of thioether (sulfide) groups is 1. The number of nitrogens with one attached hydrogen (secondary N) is 1. The van der Waals surface area contributed by atoms with Crippen molar-refractivity contribution in [3.63, 3.8) is 0 Å². The molecule has 0 saturated heterocycles. The van der Waals surface area contributed by atoms with Crippen molar-refractivity contribution in [3.05, 3.63) is 58.5 Å². The van der Waals surface area contributed by atoms with Crippen LogP contribution in [0.15, 0.2) is 52.3 Å². The Hall–Kier alpha value is -2.73. The number of hydrogen-bond donors (Lipinski definition) is 1. The number of likely N-dealkylation sites (N-methyl/N-ethyl adjacent to an activating group) is 1. The summed E-state index contributed by atoms with van der Waals surface area (Å²) in [4.78, 5) is 29.0. The molecule has 162 valence electrons. The molecule has 31 heavy (non-hydrogen) atoms. The molecular weight excluding hydrogens is 408 g/mol. The van der Waals surface area contributed by atoms with Crippen LogP contribution in [0.1, 0.15) is 54.4 Å². The summed E-state index contributed by atoms with van der Waals surface area (Å²) in [5.74, 6) is 0.572. The number of benzene rings is 2. The number of amides is 2. The molecule has 0 bridgehead atoms. The van der Waals surface area contributed by atoms with Gasteiger partial charge in [-0.25, -0.2) is 0 Å². The summed E-state index contributed by atoms with van der Waals surface area (Å²) in [6.07, 6.45) is 8.79. The van der Waals surface area contributed by atoms with E-state index in [1.54, 1.807) is 19.1 Å². The highest BCUT2D eigenvalue weighted by atomic mass is 32.2. The van der Waals surface area contributed by atoms with E-state index in [2.05, 4.69) is 5.32 Å². The van der Waals surface area contributed by atoms with Crippen molar-refractivity contribution in [1.29, 1.82) is 0 Å². The highest BCUT2D eigenvalue weighted by Crippen LogP contribution is 2.42. The zero-order valence-corrected chi connectivity index (χ0v) is 18.8. The Balaban J connectivity index is 1.56. The van der Waals surface area contributed by atoms with E-state index in [-0.39, 0.29) is 17.9 Å². The van der Waals surface area contributed by atoms with Crippen LogP contribution in [0.5, 0.6) is 5.75 Å². The van der Waals surface area contributed by atoms with Gasteiger partial charge < -0.3 is 15.0 Å². The highest BCUT2D eigenvalue weighted by molar-refractivity contribution is 8.04. The van der Waals surface area contributed by atoms with Gasteiger partial charge in [-0.1, -0.05) is 55.6 Å². The summed E-state index contributed by atoms with van der Waals surface area (Å²) in [7, 11) is 3.38. The molecule has 5 nitrogen and oxygen atoms in total. The number of carbonyl (C=O) groups is 2. The van der Waals surface area contributed by atoms with Crippen molar-refractivity contribution in [2.24, 2.45) is 0 Å². The summed E-state index contributed by atoms with van der Waals surface area (Å²) in [5, 5.41) is 3.19. The van der Waals surface area contributed by atoms with Crippen LogP contribution in [0.25, 0.3) is 6.08 Å². The minimum absolute atomic E-state index is 0.0593. The first-order valence-electron chi connectivity index (χ1n) is 10.8. The van der Waals surface area contributed by atoms with E-state index < -0.39 is 0 Å². The van der Waals surface area contributed by atoms with Crippen molar-refractivity contribution in [2.75, 3.05) is 19.1 Å². The number of carbonyl (C=O) groups excluding carboxylic acids is 2. The fourth-order valence-corrected chi connectivity index (χ4v) is 5.24. The van der Waals surface area contributed by atoms with Gasteiger partial charge in [0.2, 0.25) is 0 Å². The largest absolute Gasteiger partial charge is 0.496 e. The summed E-state index contributed by atoms with van der Waals surface area (Å²) < 4.78 is 5.41. The van der Waals surface area contributed by atoms with Crippen molar-refractivity contribution >= 4 is 35.3 Å². The van der Waals surface area contributed by atoms with E-state index in [1.807, 2.05) is 48.5 Å². The fourth-order valence-electron chi connectivity index (χ4n) is 4.15. The maximum Gasteiger partial charge on any atom is 0.264 e. The Labute approximate surface area is 187 Å². The van der Waals surface area contributed by atoms with E-state index in [0.717, 1.165) is 34.7 Å². The molecule has 0 atom stereocenters. The molecule has 2 aromatic rings. The molecular formula is C25H28N2O3S. The van der Waals surface area contributed by atoms with E-state index in [4.69, 9.17) is 4.74 Å². The average molecular weight is 437 g/mol. The van der Waals surface area contributed by atoms with Crippen LogP contribution in [0.3, 0.4) is 0 Å². The Kier molecular flexibility index (Phi) is 6.66. The number of fused-ring (bicyclic) bond motifs is 1. The van der Waals surface area contributed by atoms with Gasteiger partial charge in [-0.2, -0.15) is 0 Å². The number of rotatable bonds is 4. The van der Waals surface area contributed by atoms with Gasteiger partial charge in [0.25, 0.3) is 11.8 Å². The molecule has 2 amide bonds. The van der Waals surface area contributed by atoms with Crippen LogP contribution in [0.4, 0.5) is 5.69 Å². The van der Waals surface area contributed by atoms with E-state index in [1.165, 1.54) is 37.4 Å². The lowest BCUT2D eigenvalue weighted by molar-refractivity contribution is -0.114. The second kappa shape index (κ2) is 9.60. The van der Waals surface area contributed by atoms with Crippen molar-refractivity contribution in [1.82, 2.24) is 5.32 Å². The summed E-state index contributed by atoms with van der Waals surface area (Å²) in [5.41, 5.74) is 2.22. The molecule has 4 rings (SSSR count). The molecule has 2 aromatic carbocycles. The molecule has 1 heterocycles. The summed E-state index contributed by atoms with van der Waals surface area (Å²) >= 11 is 1.42. The quantitative estimate of drug-likeness (QED) is 0.525. The standard InChI is InChI=1S/C25H28N2O3S/c1-27-20-15-18(24(28)26-19-10-5-3-4-6-11-19)13-14-22(20)31-23(25(27)29)16-17-9-7-8-12-21(17)30-2/h7-9,12-16,19H,3-6,10-11H2,1-2H3,(H,26,28). The van der Waals surface area contributed by atoms with Gasteiger partial charge >= 0.3 is 0 Å². The smallest absolute Gasteiger partial charge is 0.264 e. The maximum absolute atomic E-state index is 13.0. The third-order valence-electron chi connectivity index (χ3n) is 5.93. The number of anilines is 1. The van der Waals surface area contributed by atoms with Crippen molar-refractivity contribution < 1.29 is 14.3 Å². The SMILES string of the molecule is COc1ccccc1C=C1Sc2ccc(C(=O)NC3CCCCCC3)cc2N(C)C1=O. The van der Waals surface area contributed by atoms with Gasteiger partial charge in [-0.15, -0.1) is 0 Å². The number of methoxy groups -OCH3 is 1. The van der Waals surface area contributed by atoms with Crippen LogP contribution in [-0.4, -0.2) is 32.0 Å². The Morgan fingerprint density at radius 1 is 1.13 bits per heavy atom. The van der Waals surface area contributed by atoms with Crippen molar-refractivity contribution in [2.45, 2.75) is 49.5 Å². The van der Waals surface area contributed by atoms with E-state index in [9.17, 15) is 9.59 Å². The molecule has 1 saturated carbocycles. The van der Waals surface area contributed by atoms with Gasteiger partial charge in [0.15, 0.2) is 0 Å². The molecule has 6 heteroatoms. The summed E-state index contributed by atoms with van der Waals surface area (Å²) in [6.45, 7) is 0. The second-order valence-electron chi connectivity index (χ2n) is 8.06. The van der Waals surface area contributed by atoms with E-state index in [0.29, 0.717) is 10.5 Å². The molecule has 2 aliphatic rings. The molecule has 1 fully saturated rings. The number of para-hydroxylation sites is 1. The minimum atomic E-state index is -0.0928.